The lowest BCUT2D eigenvalue weighted by atomic mass is 9.83. The zero-order valence-corrected chi connectivity index (χ0v) is 15.1. The normalized spacial score (nSPS) is 20.4. The third-order valence-corrected chi connectivity index (χ3v) is 5.69. The number of rotatable bonds is 4. The average Bonchev–Trinajstić information content (AvgIpc) is 3.34. The molecule has 1 saturated carbocycles. The Morgan fingerprint density at radius 1 is 1.11 bits per heavy atom. The van der Waals surface area contributed by atoms with Crippen LogP contribution in [0.1, 0.15) is 42.9 Å². The highest BCUT2D eigenvalue weighted by Crippen LogP contribution is 2.35. The number of nitrogens with two attached hydrogens (primary N) is 1. The highest BCUT2D eigenvalue weighted by molar-refractivity contribution is 5.92. The van der Waals surface area contributed by atoms with Crippen LogP contribution in [0.5, 0.6) is 0 Å². The zero-order valence-electron chi connectivity index (χ0n) is 15.1. The molecule has 0 saturated heterocycles. The Morgan fingerprint density at radius 2 is 1.93 bits per heavy atom. The van der Waals surface area contributed by atoms with Crippen molar-refractivity contribution >= 4 is 22.2 Å². The average molecular weight is 361 g/mol. The maximum absolute atomic E-state index is 5.76. The van der Waals surface area contributed by atoms with Gasteiger partial charge in [0.2, 0.25) is 0 Å². The van der Waals surface area contributed by atoms with Gasteiger partial charge in [-0.25, -0.2) is 9.50 Å². The van der Waals surface area contributed by atoms with Crippen LogP contribution in [0.3, 0.4) is 0 Å². The molecule has 0 bridgehead atoms. The number of nitrogen functional groups attached to an aromatic ring is 1. The first-order chi connectivity index (χ1) is 13.3. The van der Waals surface area contributed by atoms with Crippen molar-refractivity contribution in [1.29, 1.82) is 0 Å². The molecule has 1 aliphatic rings. The van der Waals surface area contributed by atoms with Crippen molar-refractivity contribution in [3.8, 4) is 0 Å². The number of hydrogen-bond donors (Lipinski definition) is 3. The molecular formula is C20H23N7. The van der Waals surface area contributed by atoms with Gasteiger partial charge in [0.25, 0.3) is 0 Å². The molecule has 4 aromatic rings. The lowest BCUT2D eigenvalue weighted by molar-refractivity contribution is 0.339. The SMILES string of the molecule is Nc1ccc(CNC2CCC(c3nnn4cnc5[nH]ccc5c34)CC2)cc1. The van der Waals surface area contributed by atoms with E-state index >= 15 is 0 Å². The van der Waals surface area contributed by atoms with Crippen LogP contribution in [-0.2, 0) is 6.54 Å². The number of nitrogens with one attached hydrogen (secondary N) is 2. The zero-order chi connectivity index (χ0) is 18.2. The summed E-state index contributed by atoms with van der Waals surface area (Å²) >= 11 is 0. The number of benzene rings is 1. The number of aromatic nitrogens is 5. The smallest absolute Gasteiger partial charge is 0.141 e. The molecule has 0 atom stereocenters. The van der Waals surface area contributed by atoms with Gasteiger partial charge in [0.05, 0.1) is 5.69 Å². The Kier molecular flexibility index (Phi) is 4.01. The molecule has 0 unspecified atom stereocenters. The molecule has 0 spiro atoms. The van der Waals surface area contributed by atoms with E-state index in [1.165, 1.54) is 5.56 Å². The van der Waals surface area contributed by atoms with Crippen molar-refractivity contribution in [2.24, 2.45) is 0 Å². The van der Waals surface area contributed by atoms with Crippen LogP contribution in [0.15, 0.2) is 42.9 Å². The fourth-order valence-electron chi connectivity index (χ4n) is 4.16. The van der Waals surface area contributed by atoms with Crippen LogP contribution in [0.4, 0.5) is 5.69 Å². The van der Waals surface area contributed by atoms with Gasteiger partial charge >= 0.3 is 0 Å². The Morgan fingerprint density at radius 3 is 2.74 bits per heavy atom. The van der Waals surface area contributed by atoms with Crippen molar-refractivity contribution in [2.45, 2.75) is 44.2 Å². The molecule has 7 nitrogen and oxygen atoms in total. The minimum Gasteiger partial charge on any atom is -0.399 e. The molecule has 0 aliphatic heterocycles. The van der Waals surface area contributed by atoms with Gasteiger partial charge in [-0.05, 0) is 49.4 Å². The van der Waals surface area contributed by atoms with E-state index < -0.39 is 0 Å². The summed E-state index contributed by atoms with van der Waals surface area (Å²) in [7, 11) is 0. The molecule has 1 aliphatic carbocycles. The number of nitrogens with zero attached hydrogens (tertiary/aromatic N) is 4. The van der Waals surface area contributed by atoms with E-state index in [9.17, 15) is 0 Å². The van der Waals surface area contributed by atoms with Gasteiger partial charge < -0.3 is 16.0 Å². The molecule has 7 heteroatoms. The number of fused-ring (bicyclic) bond motifs is 3. The lowest BCUT2D eigenvalue weighted by Crippen LogP contribution is -2.32. The van der Waals surface area contributed by atoms with Crippen molar-refractivity contribution in [3.05, 3.63) is 54.1 Å². The minimum absolute atomic E-state index is 0.456. The molecule has 3 heterocycles. The van der Waals surface area contributed by atoms with Crippen molar-refractivity contribution in [2.75, 3.05) is 5.73 Å². The topological polar surface area (TPSA) is 96.9 Å². The monoisotopic (exact) mass is 361 g/mol. The van der Waals surface area contributed by atoms with E-state index in [-0.39, 0.29) is 0 Å². The molecule has 0 radical (unpaired) electrons. The third kappa shape index (κ3) is 3.04. The quantitative estimate of drug-likeness (QED) is 0.486. The second-order valence-electron chi connectivity index (χ2n) is 7.42. The molecule has 0 amide bonds. The maximum atomic E-state index is 5.76. The summed E-state index contributed by atoms with van der Waals surface area (Å²) in [4.78, 5) is 7.56. The predicted molar refractivity (Wildman–Crippen MR) is 105 cm³/mol. The Balaban J connectivity index is 1.27. The fourth-order valence-corrected chi connectivity index (χ4v) is 4.16. The number of aromatic amines is 1. The largest absolute Gasteiger partial charge is 0.399 e. The Labute approximate surface area is 157 Å². The maximum Gasteiger partial charge on any atom is 0.141 e. The van der Waals surface area contributed by atoms with Crippen LogP contribution in [0.2, 0.25) is 0 Å². The van der Waals surface area contributed by atoms with Crippen LogP contribution in [0.25, 0.3) is 16.6 Å². The van der Waals surface area contributed by atoms with Gasteiger partial charge in [0.1, 0.15) is 17.5 Å². The van der Waals surface area contributed by atoms with E-state index in [4.69, 9.17) is 5.73 Å². The lowest BCUT2D eigenvalue weighted by Gasteiger charge is -2.28. The van der Waals surface area contributed by atoms with Gasteiger partial charge in [0.15, 0.2) is 0 Å². The first kappa shape index (κ1) is 16.3. The van der Waals surface area contributed by atoms with Gasteiger partial charge in [-0.1, -0.05) is 17.3 Å². The molecule has 4 N–H and O–H groups in total. The molecule has 1 aromatic carbocycles. The van der Waals surface area contributed by atoms with Crippen molar-refractivity contribution < 1.29 is 0 Å². The Hall–Kier alpha value is -2.93. The van der Waals surface area contributed by atoms with E-state index in [1.54, 1.807) is 10.8 Å². The molecule has 27 heavy (non-hydrogen) atoms. The molecular weight excluding hydrogens is 338 g/mol. The second-order valence-corrected chi connectivity index (χ2v) is 7.42. The molecule has 138 valence electrons. The summed E-state index contributed by atoms with van der Waals surface area (Å²) in [6.07, 6.45) is 8.22. The van der Waals surface area contributed by atoms with Crippen molar-refractivity contribution in [3.63, 3.8) is 0 Å². The van der Waals surface area contributed by atoms with Crippen LogP contribution in [-0.4, -0.2) is 30.8 Å². The number of hydrogen-bond acceptors (Lipinski definition) is 5. The number of H-pyrrole nitrogens is 1. The highest BCUT2D eigenvalue weighted by Gasteiger charge is 2.26. The van der Waals surface area contributed by atoms with Crippen LogP contribution in [0, 0.1) is 0 Å². The summed E-state index contributed by atoms with van der Waals surface area (Å²) < 4.78 is 1.80. The Bertz CT molecular complexity index is 1060. The highest BCUT2D eigenvalue weighted by atomic mass is 15.4. The van der Waals surface area contributed by atoms with E-state index in [0.717, 1.165) is 60.2 Å². The van der Waals surface area contributed by atoms with Gasteiger partial charge in [-0.2, -0.15) is 0 Å². The fraction of sp³-hybridized carbons (Fsp3) is 0.350. The first-order valence-electron chi connectivity index (χ1n) is 9.53. The predicted octanol–water partition coefficient (Wildman–Crippen LogP) is 3.00. The van der Waals surface area contributed by atoms with Crippen LogP contribution >= 0.6 is 0 Å². The van der Waals surface area contributed by atoms with E-state index in [2.05, 4.69) is 43.8 Å². The van der Waals surface area contributed by atoms with Crippen molar-refractivity contribution in [1.82, 2.24) is 30.1 Å². The van der Waals surface area contributed by atoms with Crippen LogP contribution < -0.4 is 11.1 Å². The number of anilines is 1. The molecule has 5 rings (SSSR count). The van der Waals surface area contributed by atoms with E-state index in [1.807, 2.05) is 18.3 Å². The molecule has 1 fully saturated rings. The summed E-state index contributed by atoms with van der Waals surface area (Å²) in [5, 5.41) is 13.6. The third-order valence-electron chi connectivity index (χ3n) is 5.69. The summed E-state index contributed by atoms with van der Waals surface area (Å²) in [5.74, 6) is 0.456. The van der Waals surface area contributed by atoms with Gasteiger partial charge in [-0.15, -0.1) is 5.10 Å². The van der Waals surface area contributed by atoms with Gasteiger partial charge in [-0.3, -0.25) is 0 Å². The van der Waals surface area contributed by atoms with E-state index in [0.29, 0.717) is 12.0 Å². The van der Waals surface area contributed by atoms with Gasteiger partial charge in [0, 0.05) is 35.8 Å². The first-order valence-corrected chi connectivity index (χ1v) is 9.53. The summed E-state index contributed by atoms with van der Waals surface area (Å²) in [6.45, 7) is 0.889. The minimum atomic E-state index is 0.456. The summed E-state index contributed by atoms with van der Waals surface area (Å²) in [6, 6.07) is 10.7. The molecule has 3 aromatic heterocycles. The summed E-state index contributed by atoms with van der Waals surface area (Å²) in [5.41, 5.74) is 10.9. The standard InChI is InChI=1S/C20H23N7/c21-15-5-1-13(2-6-15)11-23-16-7-3-14(4-8-16)18-19-17-9-10-22-20(17)24-12-27(19)26-25-18/h1-2,5-6,9-10,12,14,16,22-23H,3-4,7-8,11,21H2. The second kappa shape index (κ2) is 6.66.